The topological polar surface area (TPSA) is 3.24 Å². The van der Waals surface area contributed by atoms with Crippen molar-refractivity contribution in [2.75, 3.05) is 18.0 Å². The first-order chi connectivity index (χ1) is 7.98. The average Bonchev–Trinajstić information content (AvgIpc) is 2.29. The first kappa shape index (κ1) is 12.3. The normalized spacial score (nSPS) is 17.3. The molecular formula is C13H16F3N. The molecule has 0 aromatic heterocycles. The molecule has 1 aliphatic rings. The van der Waals surface area contributed by atoms with Crippen molar-refractivity contribution in [3.8, 4) is 0 Å². The van der Waals surface area contributed by atoms with Crippen LogP contribution in [0.1, 0.15) is 30.4 Å². The minimum Gasteiger partial charge on any atom is -0.371 e. The second kappa shape index (κ2) is 4.59. The molecular weight excluding hydrogens is 227 g/mol. The number of halogens is 3. The fourth-order valence-electron chi connectivity index (χ4n) is 2.26. The van der Waals surface area contributed by atoms with E-state index in [2.05, 4.69) is 4.90 Å². The second-order valence-electron chi connectivity index (χ2n) is 4.55. The van der Waals surface area contributed by atoms with E-state index in [1.807, 2.05) is 6.92 Å². The maximum atomic E-state index is 12.6. The zero-order valence-electron chi connectivity index (χ0n) is 9.85. The van der Waals surface area contributed by atoms with Gasteiger partial charge in [0.15, 0.2) is 0 Å². The van der Waals surface area contributed by atoms with Gasteiger partial charge in [0.05, 0.1) is 5.56 Å². The molecule has 4 heteroatoms. The van der Waals surface area contributed by atoms with Gasteiger partial charge in [0.1, 0.15) is 0 Å². The second-order valence-corrected chi connectivity index (χ2v) is 4.55. The van der Waals surface area contributed by atoms with E-state index in [0.717, 1.165) is 43.2 Å². The van der Waals surface area contributed by atoms with Crippen molar-refractivity contribution < 1.29 is 13.2 Å². The van der Waals surface area contributed by atoms with Gasteiger partial charge in [-0.05, 0) is 43.9 Å². The summed E-state index contributed by atoms with van der Waals surface area (Å²) in [5.74, 6) is 0. The predicted octanol–water partition coefficient (Wildman–Crippen LogP) is 4.00. The fourth-order valence-corrected chi connectivity index (χ4v) is 2.26. The van der Waals surface area contributed by atoms with Crippen LogP contribution in [0.4, 0.5) is 18.9 Å². The van der Waals surface area contributed by atoms with Crippen molar-refractivity contribution in [3.63, 3.8) is 0 Å². The molecule has 1 saturated heterocycles. The van der Waals surface area contributed by atoms with Gasteiger partial charge < -0.3 is 4.90 Å². The van der Waals surface area contributed by atoms with Crippen LogP contribution in [-0.2, 0) is 6.18 Å². The van der Waals surface area contributed by atoms with Gasteiger partial charge in [-0.3, -0.25) is 0 Å². The molecule has 0 spiro atoms. The summed E-state index contributed by atoms with van der Waals surface area (Å²) in [7, 11) is 0. The molecule has 1 nitrogen and oxygen atoms in total. The smallest absolute Gasteiger partial charge is 0.371 e. The Labute approximate surface area is 99.2 Å². The Kier molecular flexibility index (Phi) is 3.31. The molecule has 1 aromatic carbocycles. The Morgan fingerprint density at radius 1 is 1.06 bits per heavy atom. The SMILES string of the molecule is Cc1ccc(C(F)(F)F)cc1N1CCCCC1. The first-order valence-corrected chi connectivity index (χ1v) is 5.91. The van der Waals surface area contributed by atoms with Crippen molar-refractivity contribution >= 4 is 5.69 Å². The highest BCUT2D eigenvalue weighted by Crippen LogP contribution is 2.34. The molecule has 0 atom stereocenters. The van der Waals surface area contributed by atoms with Crippen molar-refractivity contribution in [2.45, 2.75) is 32.4 Å². The molecule has 1 aliphatic heterocycles. The summed E-state index contributed by atoms with van der Waals surface area (Å²) in [6.07, 6.45) is -0.946. The Morgan fingerprint density at radius 3 is 2.29 bits per heavy atom. The summed E-state index contributed by atoms with van der Waals surface area (Å²) in [5, 5.41) is 0. The van der Waals surface area contributed by atoms with E-state index in [1.165, 1.54) is 12.5 Å². The molecule has 2 rings (SSSR count). The van der Waals surface area contributed by atoms with Crippen molar-refractivity contribution in [2.24, 2.45) is 0 Å². The molecule has 1 heterocycles. The lowest BCUT2D eigenvalue weighted by Crippen LogP contribution is -2.30. The standard InChI is InChI=1S/C13H16F3N/c1-10-5-6-11(13(14,15)16)9-12(10)17-7-3-2-4-8-17/h5-6,9H,2-4,7-8H2,1H3. The summed E-state index contributed by atoms with van der Waals surface area (Å²) in [5.41, 5.74) is 1.10. The van der Waals surface area contributed by atoms with E-state index < -0.39 is 11.7 Å². The molecule has 17 heavy (non-hydrogen) atoms. The number of hydrogen-bond donors (Lipinski definition) is 0. The monoisotopic (exact) mass is 243 g/mol. The minimum absolute atomic E-state index is 0.552. The Balaban J connectivity index is 2.31. The third-order valence-electron chi connectivity index (χ3n) is 3.23. The highest BCUT2D eigenvalue weighted by atomic mass is 19.4. The van der Waals surface area contributed by atoms with Crippen LogP contribution in [0.3, 0.4) is 0 Å². The van der Waals surface area contributed by atoms with Gasteiger partial charge in [0.2, 0.25) is 0 Å². The largest absolute Gasteiger partial charge is 0.416 e. The number of benzene rings is 1. The molecule has 1 aromatic rings. The van der Waals surface area contributed by atoms with Gasteiger partial charge in [-0.25, -0.2) is 0 Å². The van der Waals surface area contributed by atoms with E-state index >= 15 is 0 Å². The van der Waals surface area contributed by atoms with E-state index in [1.54, 1.807) is 6.07 Å². The summed E-state index contributed by atoms with van der Waals surface area (Å²) in [6, 6.07) is 4.00. The molecule has 0 N–H and O–H groups in total. The van der Waals surface area contributed by atoms with Crippen LogP contribution in [0.15, 0.2) is 18.2 Å². The number of alkyl halides is 3. The van der Waals surface area contributed by atoms with Crippen LogP contribution in [0.25, 0.3) is 0 Å². The van der Waals surface area contributed by atoms with Crippen molar-refractivity contribution in [3.05, 3.63) is 29.3 Å². The van der Waals surface area contributed by atoms with E-state index in [-0.39, 0.29) is 0 Å². The molecule has 0 bridgehead atoms. The van der Waals surface area contributed by atoms with Gasteiger partial charge >= 0.3 is 6.18 Å². The number of piperidine rings is 1. The molecule has 0 unspecified atom stereocenters. The third kappa shape index (κ3) is 2.73. The highest BCUT2D eigenvalue weighted by molar-refractivity contribution is 5.55. The maximum absolute atomic E-state index is 12.6. The van der Waals surface area contributed by atoms with Crippen LogP contribution < -0.4 is 4.90 Å². The first-order valence-electron chi connectivity index (χ1n) is 5.91. The molecule has 0 saturated carbocycles. The zero-order valence-corrected chi connectivity index (χ0v) is 9.85. The van der Waals surface area contributed by atoms with Crippen LogP contribution in [-0.4, -0.2) is 13.1 Å². The van der Waals surface area contributed by atoms with Gasteiger partial charge in [-0.1, -0.05) is 6.07 Å². The van der Waals surface area contributed by atoms with Crippen LogP contribution in [0, 0.1) is 6.92 Å². The summed E-state index contributed by atoms with van der Waals surface area (Å²) in [6.45, 7) is 3.59. The summed E-state index contributed by atoms with van der Waals surface area (Å²) < 4.78 is 37.9. The lowest BCUT2D eigenvalue weighted by atomic mass is 10.1. The van der Waals surface area contributed by atoms with E-state index in [9.17, 15) is 13.2 Å². The van der Waals surface area contributed by atoms with Crippen molar-refractivity contribution in [1.82, 2.24) is 0 Å². The van der Waals surface area contributed by atoms with Gasteiger partial charge in [0.25, 0.3) is 0 Å². The number of rotatable bonds is 1. The Morgan fingerprint density at radius 2 is 1.71 bits per heavy atom. The van der Waals surface area contributed by atoms with Crippen LogP contribution in [0.2, 0.25) is 0 Å². The van der Waals surface area contributed by atoms with Crippen LogP contribution >= 0.6 is 0 Å². The summed E-state index contributed by atoms with van der Waals surface area (Å²) in [4.78, 5) is 2.06. The number of aryl methyl sites for hydroxylation is 1. The molecule has 0 radical (unpaired) electrons. The van der Waals surface area contributed by atoms with Gasteiger partial charge in [-0.15, -0.1) is 0 Å². The third-order valence-corrected chi connectivity index (χ3v) is 3.23. The highest BCUT2D eigenvalue weighted by Gasteiger charge is 2.31. The molecule has 1 fully saturated rings. The number of nitrogens with zero attached hydrogens (tertiary/aromatic N) is 1. The van der Waals surface area contributed by atoms with Crippen molar-refractivity contribution in [1.29, 1.82) is 0 Å². The lowest BCUT2D eigenvalue weighted by molar-refractivity contribution is -0.137. The maximum Gasteiger partial charge on any atom is 0.416 e. The number of anilines is 1. The van der Waals surface area contributed by atoms with Gasteiger partial charge in [-0.2, -0.15) is 13.2 Å². The molecule has 0 aliphatic carbocycles. The zero-order chi connectivity index (χ0) is 12.5. The fraction of sp³-hybridized carbons (Fsp3) is 0.538. The van der Waals surface area contributed by atoms with Crippen LogP contribution in [0.5, 0.6) is 0 Å². The predicted molar refractivity (Wildman–Crippen MR) is 62.2 cm³/mol. The molecule has 94 valence electrons. The van der Waals surface area contributed by atoms with Gasteiger partial charge in [0, 0.05) is 18.8 Å². The Hall–Kier alpha value is -1.19. The average molecular weight is 243 g/mol. The number of hydrogen-bond acceptors (Lipinski definition) is 1. The Bertz CT molecular complexity index is 392. The summed E-state index contributed by atoms with van der Waals surface area (Å²) >= 11 is 0. The van der Waals surface area contributed by atoms with E-state index in [0.29, 0.717) is 0 Å². The minimum atomic E-state index is -4.25. The van der Waals surface area contributed by atoms with E-state index in [4.69, 9.17) is 0 Å². The molecule has 0 amide bonds. The lowest BCUT2D eigenvalue weighted by Gasteiger charge is -2.30. The quantitative estimate of drug-likeness (QED) is 0.720.